The Labute approximate surface area is 140 Å². The monoisotopic (exact) mass is 327 g/mol. The van der Waals surface area contributed by atoms with Gasteiger partial charge in [-0.2, -0.15) is 0 Å². The van der Waals surface area contributed by atoms with Crippen LogP contribution in [0.25, 0.3) is 0 Å². The van der Waals surface area contributed by atoms with Gasteiger partial charge in [0, 0.05) is 13.1 Å². The van der Waals surface area contributed by atoms with Crippen LogP contribution in [-0.2, 0) is 16.0 Å². The van der Waals surface area contributed by atoms with Crippen molar-refractivity contribution in [3.8, 4) is 5.75 Å². The summed E-state index contributed by atoms with van der Waals surface area (Å²) in [6.07, 6.45) is 1.90. The molecule has 1 atom stereocenters. The number of fused-ring (bicyclic) bond motifs is 1. The summed E-state index contributed by atoms with van der Waals surface area (Å²) >= 11 is 0. The maximum Gasteiger partial charge on any atom is 0.253 e. The molecule has 24 heavy (non-hydrogen) atoms. The fourth-order valence-corrected chi connectivity index (χ4v) is 3.86. The molecule has 0 saturated carbocycles. The molecule has 0 aliphatic carbocycles. The van der Waals surface area contributed by atoms with Gasteiger partial charge in [-0.3, -0.25) is 14.6 Å². The average Bonchev–Trinajstić information content (AvgIpc) is 2.87. The summed E-state index contributed by atoms with van der Waals surface area (Å²) in [5.74, 6) is 1.51. The Morgan fingerprint density at radius 1 is 1.33 bits per heavy atom. The van der Waals surface area contributed by atoms with E-state index < -0.39 is 5.54 Å². The largest absolute Gasteiger partial charge is 0.492 e. The van der Waals surface area contributed by atoms with Crippen molar-refractivity contribution in [3.05, 3.63) is 29.8 Å². The minimum Gasteiger partial charge on any atom is -0.492 e. The third-order valence-electron chi connectivity index (χ3n) is 5.23. The third-order valence-corrected chi connectivity index (χ3v) is 5.23. The highest BCUT2D eigenvalue weighted by Crippen LogP contribution is 2.32. The van der Waals surface area contributed by atoms with Crippen LogP contribution in [0.5, 0.6) is 5.75 Å². The lowest BCUT2D eigenvalue weighted by Crippen LogP contribution is -2.52. The molecule has 3 aliphatic heterocycles. The molecule has 1 spiro atoms. The van der Waals surface area contributed by atoms with Crippen molar-refractivity contribution in [2.75, 3.05) is 19.7 Å². The molecule has 1 N–H and O–H groups in total. The molecule has 3 aliphatic rings. The zero-order chi connectivity index (χ0) is 16.7. The van der Waals surface area contributed by atoms with Crippen molar-refractivity contribution in [1.82, 2.24) is 10.2 Å². The van der Waals surface area contributed by atoms with Gasteiger partial charge < -0.3 is 15.0 Å². The van der Waals surface area contributed by atoms with Crippen molar-refractivity contribution in [2.45, 2.75) is 31.7 Å². The van der Waals surface area contributed by atoms with Crippen LogP contribution in [0.4, 0.5) is 0 Å². The molecule has 3 heterocycles. The summed E-state index contributed by atoms with van der Waals surface area (Å²) in [6, 6.07) is 7.87. The van der Waals surface area contributed by atoms with Gasteiger partial charge in [-0.05, 0) is 37.8 Å². The van der Waals surface area contributed by atoms with Crippen molar-refractivity contribution < 1.29 is 14.3 Å². The first-order chi connectivity index (χ1) is 11.6. The number of benzene rings is 1. The van der Waals surface area contributed by atoms with E-state index in [4.69, 9.17) is 4.74 Å². The number of nitrogens with one attached hydrogen (secondary N) is 1. The Kier molecular flexibility index (Phi) is 3.55. The van der Waals surface area contributed by atoms with E-state index in [9.17, 15) is 9.59 Å². The number of piperidine rings is 1. The number of nitrogens with zero attached hydrogens (tertiary/aromatic N) is 2. The molecule has 126 valence electrons. The first-order valence-corrected chi connectivity index (χ1v) is 8.45. The Morgan fingerprint density at radius 2 is 2.08 bits per heavy atom. The van der Waals surface area contributed by atoms with E-state index in [0.717, 1.165) is 11.3 Å². The van der Waals surface area contributed by atoms with Crippen molar-refractivity contribution in [2.24, 2.45) is 10.9 Å². The molecular weight excluding hydrogens is 306 g/mol. The number of amidine groups is 1. The van der Waals surface area contributed by atoms with Gasteiger partial charge in [-0.25, -0.2) is 0 Å². The van der Waals surface area contributed by atoms with Crippen molar-refractivity contribution >= 4 is 17.6 Å². The second-order valence-electron chi connectivity index (χ2n) is 6.83. The van der Waals surface area contributed by atoms with Crippen LogP contribution >= 0.6 is 0 Å². The average molecular weight is 327 g/mol. The Bertz CT molecular complexity index is 720. The van der Waals surface area contributed by atoms with E-state index in [1.165, 1.54) is 0 Å². The Balaban J connectivity index is 1.42. The summed E-state index contributed by atoms with van der Waals surface area (Å²) in [5.41, 5.74) is 0.433. The molecule has 1 aromatic carbocycles. The lowest BCUT2D eigenvalue weighted by atomic mass is 9.87. The molecule has 6 nitrogen and oxygen atoms in total. The molecule has 1 aromatic rings. The molecule has 0 radical (unpaired) electrons. The lowest BCUT2D eigenvalue weighted by Gasteiger charge is -2.37. The zero-order valence-electron chi connectivity index (χ0n) is 13.7. The smallest absolute Gasteiger partial charge is 0.253 e. The molecule has 0 bridgehead atoms. The summed E-state index contributed by atoms with van der Waals surface area (Å²) in [5, 5.41) is 2.78. The van der Waals surface area contributed by atoms with Gasteiger partial charge in [0.2, 0.25) is 5.91 Å². The van der Waals surface area contributed by atoms with Gasteiger partial charge >= 0.3 is 0 Å². The van der Waals surface area contributed by atoms with Crippen LogP contribution in [0.3, 0.4) is 0 Å². The summed E-state index contributed by atoms with van der Waals surface area (Å²) in [4.78, 5) is 31.3. The SMILES string of the molecule is CC1=NC2(CCN(C(=O)[C@@H]3COc4ccccc4C3)CC2)C(=O)N1. The van der Waals surface area contributed by atoms with E-state index in [1.54, 1.807) is 6.92 Å². The number of para-hydroxylation sites is 1. The number of ether oxygens (including phenoxy) is 1. The lowest BCUT2D eigenvalue weighted by molar-refractivity contribution is -0.140. The first-order valence-electron chi connectivity index (χ1n) is 8.45. The molecular formula is C18H21N3O3. The van der Waals surface area contributed by atoms with E-state index >= 15 is 0 Å². The first kappa shape index (κ1) is 15.2. The highest BCUT2D eigenvalue weighted by atomic mass is 16.5. The molecule has 6 heteroatoms. The fraction of sp³-hybridized carbons (Fsp3) is 0.500. The highest BCUT2D eigenvalue weighted by Gasteiger charge is 2.46. The van der Waals surface area contributed by atoms with Gasteiger partial charge in [0.25, 0.3) is 5.91 Å². The van der Waals surface area contributed by atoms with Crippen LogP contribution in [0.2, 0.25) is 0 Å². The van der Waals surface area contributed by atoms with Crippen LogP contribution in [0, 0.1) is 5.92 Å². The molecule has 0 aromatic heterocycles. The topological polar surface area (TPSA) is 71.0 Å². The van der Waals surface area contributed by atoms with Gasteiger partial charge in [-0.15, -0.1) is 0 Å². The van der Waals surface area contributed by atoms with Crippen molar-refractivity contribution in [1.29, 1.82) is 0 Å². The number of carbonyl (C=O) groups excluding carboxylic acids is 2. The number of amides is 2. The summed E-state index contributed by atoms with van der Waals surface area (Å²) in [6.45, 7) is 3.37. The van der Waals surface area contributed by atoms with Gasteiger partial charge in [-0.1, -0.05) is 18.2 Å². The molecule has 1 saturated heterocycles. The molecule has 4 rings (SSSR count). The maximum atomic E-state index is 12.8. The van der Waals surface area contributed by atoms with Crippen LogP contribution in [-0.4, -0.2) is 47.8 Å². The van der Waals surface area contributed by atoms with Gasteiger partial charge in [0.05, 0.1) is 5.92 Å². The second-order valence-corrected chi connectivity index (χ2v) is 6.83. The molecule has 2 amide bonds. The van der Waals surface area contributed by atoms with Gasteiger partial charge in [0.15, 0.2) is 0 Å². The molecule has 1 fully saturated rings. The van der Waals surface area contributed by atoms with Crippen LogP contribution in [0.1, 0.15) is 25.3 Å². The minimum atomic E-state index is -0.656. The third kappa shape index (κ3) is 2.46. The van der Waals surface area contributed by atoms with E-state index in [1.807, 2.05) is 29.2 Å². The van der Waals surface area contributed by atoms with E-state index in [2.05, 4.69) is 10.3 Å². The fourth-order valence-electron chi connectivity index (χ4n) is 3.86. The highest BCUT2D eigenvalue weighted by molar-refractivity contribution is 6.07. The normalized spacial score (nSPS) is 24.9. The number of likely N-dealkylation sites (tertiary alicyclic amines) is 1. The van der Waals surface area contributed by atoms with Crippen LogP contribution in [0.15, 0.2) is 29.3 Å². The standard InChI is InChI=1S/C18H21N3O3/c1-12-19-17(23)18(20-12)6-8-21(9-7-18)16(22)14-10-13-4-2-3-5-15(13)24-11-14/h2-5,14H,6-11H2,1H3,(H,19,20,23)/t14-/m0/s1. The van der Waals surface area contributed by atoms with Gasteiger partial charge in [0.1, 0.15) is 23.7 Å². The predicted octanol–water partition coefficient (Wildman–Crippen LogP) is 1.15. The number of aliphatic imine (C=N–C) groups is 1. The quantitative estimate of drug-likeness (QED) is 0.841. The number of carbonyl (C=O) groups is 2. The number of hydrogen-bond donors (Lipinski definition) is 1. The van der Waals surface area contributed by atoms with Crippen LogP contribution < -0.4 is 10.1 Å². The summed E-state index contributed by atoms with van der Waals surface area (Å²) in [7, 11) is 0. The minimum absolute atomic E-state index is 0.0259. The van der Waals surface area contributed by atoms with Crippen molar-refractivity contribution in [3.63, 3.8) is 0 Å². The second kappa shape index (κ2) is 5.61. The Morgan fingerprint density at radius 3 is 2.79 bits per heavy atom. The molecule has 0 unspecified atom stereocenters. The number of hydrogen-bond acceptors (Lipinski definition) is 4. The summed E-state index contributed by atoms with van der Waals surface area (Å²) < 4.78 is 5.74. The van der Waals surface area contributed by atoms with E-state index in [0.29, 0.717) is 44.8 Å². The zero-order valence-corrected chi connectivity index (χ0v) is 13.7. The Hall–Kier alpha value is -2.37. The van der Waals surface area contributed by atoms with E-state index in [-0.39, 0.29) is 17.7 Å². The maximum absolute atomic E-state index is 12.8. The number of rotatable bonds is 1. The predicted molar refractivity (Wildman–Crippen MR) is 88.9 cm³/mol.